The zero-order valence-electron chi connectivity index (χ0n) is 15.1. The molecule has 0 unspecified atom stereocenters. The summed E-state index contributed by atoms with van der Waals surface area (Å²) in [6, 6.07) is 12.4. The van der Waals surface area contributed by atoms with Crippen LogP contribution in [-0.4, -0.2) is 18.9 Å². The molecule has 1 aliphatic rings. The van der Waals surface area contributed by atoms with Crippen LogP contribution in [0.15, 0.2) is 54.3 Å². The topological polar surface area (TPSA) is 72.9 Å². The van der Waals surface area contributed by atoms with Gasteiger partial charge in [0.25, 0.3) is 11.8 Å². The van der Waals surface area contributed by atoms with E-state index in [4.69, 9.17) is 4.74 Å². The third-order valence-corrected chi connectivity index (χ3v) is 4.01. The van der Waals surface area contributed by atoms with Crippen molar-refractivity contribution in [2.75, 3.05) is 17.1 Å². The van der Waals surface area contributed by atoms with Gasteiger partial charge in [-0.2, -0.15) is 0 Å². The zero-order valence-corrected chi connectivity index (χ0v) is 17.1. The summed E-state index contributed by atoms with van der Waals surface area (Å²) in [6.45, 7) is 3.81. The summed E-state index contributed by atoms with van der Waals surface area (Å²) in [5, 5.41) is 13.6. The van der Waals surface area contributed by atoms with E-state index in [9.17, 15) is 14.7 Å². The van der Waals surface area contributed by atoms with Gasteiger partial charge < -0.3 is 9.84 Å². The van der Waals surface area contributed by atoms with Crippen LogP contribution in [0, 0.1) is 13.8 Å². The summed E-state index contributed by atoms with van der Waals surface area (Å²) < 4.78 is 5.36. The second-order valence-corrected chi connectivity index (χ2v) is 5.78. The van der Waals surface area contributed by atoms with Gasteiger partial charge >= 0.3 is 29.6 Å². The average molecular weight is 360 g/mol. The van der Waals surface area contributed by atoms with E-state index in [1.54, 1.807) is 24.3 Å². The molecule has 7 heteroatoms. The molecule has 0 aromatic heterocycles. The maximum absolute atomic E-state index is 12.7. The van der Waals surface area contributed by atoms with E-state index < -0.39 is 17.4 Å². The van der Waals surface area contributed by atoms with Crippen LogP contribution in [0.1, 0.15) is 11.1 Å². The summed E-state index contributed by atoms with van der Waals surface area (Å²) in [4.78, 5) is 25.3. The normalized spacial score (nSPS) is 15.4. The van der Waals surface area contributed by atoms with Crippen LogP contribution < -0.4 is 49.4 Å². The summed E-state index contributed by atoms with van der Waals surface area (Å²) >= 11 is 0. The van der Waals surface area contributed by atoms with Crippen molar-refractivity contribution < 1.29 is 49.0 Å². The molecule has 6 nitrogen and oxygen atoms in total. The quantitative estimate of drug-likeness (QED) is 0.300. The first-order valence-electron chi connectivity index (χ1n) is 7.70. The number of carbonyl (C=O) groups excluding carboxylic acids is 2. The maximum atomic E-state index is 12.7. The third-order valence-electron chi connectivity index (χ3n) is 4.01. The van der Waals surface area contributed by atoms with Crippen LogP contribution in [0.4, 0.5) is 11.4 Å². The number of methoxy groups -OCH3 is 1. The van der Waals surface area contributed by atoms with Gasteiger partial charge in [0.05, 0.1) is 18.4 Å². The first kappa shape index (κ1) is 20.0. The van der Waals surface area contributed by atoms with Crippen molar-refractivity contribution in [3.63, 3.8) is 0 Å². The molecule has 1 heterocycles. The molecular weight excluding hydrogens is 343 g/mol. The molecule has 0 saturated carbocycles. The van der Waals surface area contributed by atoms with Gasteiger partial charge in [0.2, 0.25) is 0 Å². The van der Waals surface area contributed by atoms with Crippen LogP contribution in [0.2, 0.25) is 0 Å². The number of rotatable bonds is 3. The Morgan fingerprint density at radius 1 is 0.923 bits per heavy atom. The second-order valence-electron chi connectivity index (χ2n) is 5.78. The molecule has 26 heavy (non-hydrogen) atoms. The Morgan fingerprint density at radius 2 is 1.50 bits per heavy atom. The number of amides is 2. The molecule has 2 aromatic carbocycles. The largest absolute Gasteiger partial charge is 1.00 e. The number of benzene rings is 2. The average Bonchev–Trinajstić information content (AvgIpc) is 2.85. The van der Waals surface area contributed by atoms with Crippen molar-refractivity contribution in [1.82, 2.24) is 0 Å². The smallest absolute Gasteiger partial charge is 0.877 e. The Hall–Kier alpha value is -2.28. The predicted octanol–water partition coefficient (Wildman–Crippen LogP) is -1.14. The van der Waals surface area contributed by atoms with Gasteiger partial charge in [-0.15, -0.1) is 6.26 Å². The Labute approximate surface area is 173 Å². The summed E-state index contributed by atoms with van der Waals surface area (Å²) in [6.07, 6.45) is 0.298. The van der Waals surface area contributed by atoms with Crippen molar-refractivity contribution in [3.05, 3.63) is 65.4 Å². The van der Waals surface area contributed by atoms with Crippen molar-refractivity contribution >= 4 is 23.2 Å². The molecule has 0 radical (unpaired) electrons. The predicted molar refractivity (Wildman–Crippen MR) is 92.0 cm³/mol. The number of ether oxygens (including phenoxy) is 1. The number of carbonyl (C=O) groups is 2. The van der Waals surface area contributed by atoms with Crippen LogP contribution in [0.3, 0.4) is 0 Å². The summed E-state index contributed by atoms with van der Waals surface area (Å²) in [7, 11) is 1.49. The first-order chi connectivity index (χ1) is 12.0. The summed E-state index contributed by atoms with van der Waals surface area (Å²) in [5.41, 5.74) is 2.43. The van der Waals surface area contributed by atoms with Gasteiger partial charge in [-0.05, 0) is 43.7 Å². The molecule has 0 N–H and O–H groups in total. The van der Waals surface area contributed by atoms with E-state index in [1.165, 1.54) is 17.1 Å². The Bertz CT molecular complexity index is 878. The van der Waals surface area contributed by atoms with E-state index >= 15 is 0 Å². The number of hydrazine groups is 1. The number of nitrogens with zero attached hydrogens (tertiary/aromatic N) is 2. The fraction of sp³-hybridized carbons (Fsp3) is 0.158. The van der Waals surface area contributed by atoms with Gasteiger partial charge in [0, 0.05) is 0 Å². The third kappa shape index (κ3) is 3.35. The second kappa shape index (κ2) is 7.95. The van der Waals surface area contributed by atoms with Crippen molar-refractivity contribution in [2.24, 2.45) is 0 Å². The molecule has 0 atom stereocenters. The minimum absolute atomic E-state index is 0. The minimum atomic E-state index is -0.678. The molecule has 3 rings (SSSR count). The van der Waals surface area contributed by atoms with E-state index in [0.717, 1.165) is 11.1 Å². The van der Waals surface area contributed by atoms with Gasteiger partial charge in [-0.3, -0.25) is 9.59 Å². The number of anilines is 2. The van der Waals surface area contributed by atoms with Crippen LogP contribution in [0.25, 0.3) is 0 Å². The summed E-state index contributed by atoms with van der Waals surface area (Å²) in [5.74, 6) is -0.903. The first-order valence-corrected chi connectivity index (χ1v) is 7.70. The van der Waals surface area contributed by atoms with E-state index in [1.807, 2.05) is 32.0 Å². The monoisotopic (exact) mass is 360 g/mol. The zero-order chi connectivity index (χ0) is 18.1. The van der Waals surface area contributed by atoms with Gasteiger partial charge in [-0.1, -0.05) is 23.8 Å². The molecule has 128 valence electrons. The van der Waals surface area contributed by atoms with Gasteiger partial charge in [0.15, 0.2) is 0 Å². The van der Waals surface area contributed by atoms with Crippen LogP contribution in [-0.2, 0) is 9.59 Å². The fourth-order valence-corrected chi connectivity index (χ4v) is 2.70. The van der Waals surface area contributed by atoms with Gasteiger partial charge in [0.1, 0.15) is 11.4 Å². The maximum Gasteiger partial charge on any atom is 1.00 e. The Kier molecular flexibility index (Phi) is 6.13. The molecule has 1 aliphatic heterocycles. The number of aryl methyl sites for hydroxylation is 2. The number of hydrogen-bond donors (Lipinski definition) is 0. The van der Waals surface area contributed by atoms with Crippen molar-refractivity contribution in [2.45, 2.75) is 13.8 Å². The minimum Gasteiger partial charge on any atom is -0.877 e. The molecule has 0 aliphatic carbocycles. The van der Waals surface area contributed by atoms with Crippen molar-refractivity contribution in [3.8, 4) is 5.75 Å². The van der Waals surface area contributed by atoms with E-state index in [2.05, 4.69) is 0 Å². The molecule has 1 fully saturated rings. The Morgan fingerprint density at radius 3 is 2.08 bits per heavy atom. The standard InChI is InChI=1S/C19H18N2O4.Na/c1-12-4-7-14(8-5-12)20-18(23)15(11-22)19(24)21(20)16-9-6-13(2)10-17(16)25-3;/h4-11,22H,1-3H3;/q;+1/p-1/b15-11-;. The van der Waals surface area contributed by atoms with Crippen LogP contribution >= 0.6 is 0 Å². The number of hydrogen-bond acceptors (Lipinski definition) is 4. The van der Waals surface area contributed by atoms with E-state index in [0.29, 0.717) is 23.4 Å². The molecule has 0 bridgehead atoms. The van der Waals surface area contributed by atoms with Crippen molar-refractivity contribution in [1.29, 1.82) is 0 Å². The Balaban J connectivity index is 0.00000243. The van der Waals surface area contributed by atoms with Crippen LogP contribution in [0.5, 0.6) is 5.75 Å². The molecular formula is C19H17N2NaO4. The SMILES string of the molecule is COc1cc(C)ccc1N1C(=O)/C(=C\[O-])C(=O)N1c1ccc(C)cc1.[Na+]. The molecule has 2 aromatic rings. The van der Waals surface area contributed by atoms with E-state index in [-0.39, 0.29) is 29.6 Å². The fourth-order valence-electron chi connectivity index (χ4n) is 2.70. The van der Waals surface area contributed by atoms with Gasteiger partial charge in [-0.25, -0.2) is 10.0 Å². The molecule has 0 spiro atoms. The molecule has 2 amide bonds. The molecule has 1 saturated heterocycles.